The lowest BCUT2D eigenvalue weighted by atomic mass is 9.95. The molecule has 0 aliphatic carbocycles. The molecule has 0 bridgehead atoms. The van der Waals surface area contributed by atoms with Crippen LogP contribution in [-0.2, 0) is 0 Å². The summed E-state index contributed by atoms with van der Waals surface area (Å²) in [5.74, 6) is 1.55. The number of thiophene rings is 2. The van der Waals surface area contributed by atoms with Gasteiger partial charge in [0.25, 0.3) is 0 Å². The molecule has 1 aliphatic rings. The van der Waals surface area contributed by atoms with Crippen LogP contribution in [0.4, 0.5) is 0 Å². The lowest BCUT2D eigenvalue weighted by Gasteiger charge is -2.23. The number of aliphatic imine (C=N–C) groups is 2. The molecule has 11 aromatic rings. The molecule has 4 nitrogen and oxygen atoms in total. The summed E-state index contributed by atoms with van der Waals surface area (Å²) in [6.45, 7) is 0. The van der Waals surface area contributed by atoms with Crippen molar-refractivity contribution in [2.45, 2.75) is 6.17 Å². The Morgan fingerprint density at radius 2 is 1.07 bits per heavy atom. The fourth-order valence-electron chi connectivity index (χ4n) is 8.73. The van der Waals surface area contributed by atoms with E-state index in [9.17, 15) is 0 Å². The Morgan fingerprint density at radius 3 is 1.79 bits per heavy atom. The highest BCUT2D eigenvalue weighted by molar-refractivity contribution is 7.26. The van der Waals surface area contributed by atoms with Gasteiger partial charge in [0.05, 0.1) is 21.4 Å². The first-order chi connectivity index (χ1) is 28.3. The summed E-state index contributed by atoms with van der Waals surface area (Å²) >= 11 is 3.74. The molecule has 4 heterocycles. The Hall–Kier alpha value is -6.86. The maximum Gasteiger partial charge on any atom is 0.159 e. The predicted octanol–water partition coefficient (Wildman–Crippen LogP) is 13.7. The van der Waals surface area contributed by atoms with Crippen molar-refractivity contribution in [1.82, 2.24) is 9.88 Å². The topological polar surface area (TPSA) is 41.7 Å². The third-order valence-corrected chi connectivity index (χ3v) is 13.6. The van der Waals surface area contributed by atoms with E-state index in [-0.39, 0.29) is 6.17 Å². The van der Waals surface area contributed by atoms with E-state index in [2.05, 4.69) is 168 Å². The van der Waals surface area contributed by atoms with Gasteiger partial charge in [-0.1, -0.05) is 140 Å². The first kappa shape index (κ1) is 32.4. The number of aromatic nitrogens is 1. The number of hydrogen-bond acceptors (Lipinski definition) is 5. The van der Waals surface area contributed by atoms with E-state index < -0.39 is 0 Å². The van der Waals surface area contributed by atoms with Gasteiger partial charge >= 0.3 is 0 Å². The number of fused-ring (bicyclic) bond motifs is 9. The Morgan fingerprint density at radius 1 is 0.474 bits per heavy atom. The molecule has 57 heavy (non-hydrogen) atoms. The van der Waals surface area contributed by atoms with Gasteiger partial charge in [-0.15, -0.1) is 22.7 Å². The van der Waals surface area contributed by atoms with Gasteiger partial charge in [0, 0.05) is 57.5 Å². The number of nitrogens with zero attached hydrogens (tertiary/aromatic N) is 3. The Kier molecular flexibility index (Phi) is 7.30. The maximum absolute atomic E-state index is 5.21. The normalized spacial score (nSPS) is 14.5. The Labute approximate surface area is 336 Å². The van der Waals surface area contributed by atoms with Gasteiger partial charge < -0.3 is 9.88 Å². The van der Waals surface area contributed by atoms with Crippen molar-refractivity contribution in [3.05, 3.63) is 199 Å². The van der Waals surface area contributed by atoms with E-state index in [1.165, 1.54) is 79.0 Å². The fraction of sp³-hybridized carbons (Fsp3) is 0.0196. The molecule has 0 amide bonds. The summed E-state index contributed by atoms with van der Waals surface area (Å²) in [5, 5.41) is 11.3. The summed E-state index contributed by atoms with van der Waals surface area (Å²) in [6, 6.07) is 65.4. The van der Waals surface area contributed by atoms with E-state index in [4.69, 9.17) is 9.98 Å². The second kappa shape index (κ2) is 12.8. The molecular formula is C51H32N4S2. The van der Waals surface area contributed by atoms with Crippen molar-refractivity contribution in [3.8, 4) is 16.8 Å². The average Bonchev–Trinajstić information content (AvgIpc) is 3.96. The van der Waals surface area contributed by atoms with Crippen LogP contribution in [0.1, 0.15) is 22.9 Å². The lowest BCUT2D eigenvalue weighted by Crippen LogP contribution is -2.33. The molecule has 0 fully saturated rings. The average molecular weight is 765 g/mol. The highest BCUT2D eigenvalue weighted by Crippen LogP contribution is 2.47. The fourth-order valence-corrected chi connectivity index (χ4v) is 11.1. The van der Waals surface area contributed by atoms with Crippen LogP contribution in [0.25, 0.3) is 79.0 Å². The van der Waals surface area contributed by atoms with Gasteiger partial charge in [-0.25, -0.2) is 9.98 Å². The van der Waals surface area contributed by atoms with Gasteiger partial charge in [0.2, 0.25) is 0 Å². The van der Waals surface area contributed by atoms with E-state index in [1.54, 1.807) is 0 Å². The zero-order chi connectivity index (χ0) is 37.5. The molecule has 1 N–H and O–H groups in total. The zero-order valence-electron chi connectivity index (χ0n) is 30.6. The predicted molar refractivity (Wildman–Crippen MR) is 244 cm³/mol. The summed E-state index contributed by atoms with van der Waals surface area (Å²) in [6.07, 6.45) is -0.303. The summed E-state index contributed by atoms with van der Waals surface area (Å²) in [5.41, 5.74) is 9.31. The zero-order valence-corrected chi connectivity index (χ0v) is 32.2. The van der Waals surface area contributed by atoms with Crippen LogP contribution in [0, 0.1) is 0 Å². The Balaban J connectivity index is 1.04. The molecule has 0 spiro atoms. The largest absolute Gasteiger partial charge is 0.344 e. The van der Waals surface area contributed by atoms with Crippen LogP contribution in [0.15, 0.2) is 192 Å². The quantitative estimate of drug-likeness (QED) is 0.186. The van der Waals surface area contributed by atoms with Gasteiger partial charge in [-0.05, 0) is 59.2 Å². The van der Waals surface area contributed by atoms with Crippen molar-refractivity contribution in [3.63, 3.8) is 0 Å². The number of benzene rings is 8. The van der Waals surface area contributed by atoms with E-state index in [1.807, 2.05) is 46.9 Å². The molecule has 3 aromatic heterocycles. The standard InChI is InChI=1S/C51H32N4S2/c1-3-14-31(15-4-1)49-52-50(32-16-5-2-6-17-32)54-51(53-49)33-28-29-43-39(30-33)47-37(21-12-26-44(47)56-43)36-20-13-27-45-46(36)38-22-11-25-42(48(38)57-45)55-40-23-9-7-18-34(40)35-19-8-10-24-41(35)55/h1-30,51H,(H,52,53,54). The third-order valence-electron chi connectivity index (χ3n) is 11.3. The molecule has 0 radical (unpaired) electrons. The van der Waals surface area contributed by atoms with Crippen molar-refractivity contribution in [2.24, 2.45) is 9.98 Å². The summed E-state index contributed by atoms with van der Waals surface area (Å²) < 4.78 is 7.57. The number of nitrogens with one attached hydrogen (secondary N) is 1. The Bertz CT molecular complexity index is 3390. The summed E-state index contributed by atoms with van der Waals surface area (Å²) in [7, 11) is 0. The van der Waals surface area contributed by atoms with Gasteiger partial charge in [0.15, 0.2) is 5.84 Å². The first-order valence-corrected chi connectivity index (χ1v) is 20.8. The minimum absolute atomic E-state index is 0.303. The third kappa shape index (κ3) is 5.11. The molecule has 12 rings (SSSR count). The van der Waals surface area contributed by atoms with Gasteiger partial charge in [-0.2, -0.15) is 0 Å². The van der Waals surface area contributed by atoms with Gasteiger partial charge in [0.1, 0.15) is 12.0 Å². The molecule has 1 unspecified atom stereocenters. The van der Waals surface area contributed by atoms with Crippen LogP contribution in [0.2, 0.25) is 0 Å². The number of hydrogen-bond donors (Lipinski definition) is 1. The van der Waals surface area contributed by atoms with E-state index in [0.717, 1.165) is 28.4 Å². The minimum atomic E-state index is -0.303. The number of rotatable bonds is 5. The van der Waals surface area contributed by atoms with Crippen molar-refractivity contribution in [1.29, 1.82) is 0 Å². The lowest BCUT2D eigenvalue weighted by molar-refractivity contribution is 0.675. The van der Waals surface area contributed by atoms with Crippen LogP contribution >= 0.6 is 22.7 Å². The van der Waals surface area contributed by atoms with E-state index >= 15 is 0 Å². The molecule has 1 atom stereocenters. The van der Waals surface area contributed by atoms with Crippen LogP contribution in [0.5, 0.6) is 0 Å². The van der Waals surface area contributed by atoms with Crippen LogP contribution in [-0.4, -0.2) is 16.2 Å². The smallest absolute Gasteiger partial charge is 0.159 e. The van der Waals surface area contributed by atoms with Crippen LogP contribution < -0.4 is 5.32 Å². The molecule has 268 valence electrons. The monoisotopic (exact) mass is 764 g/mol. The van der Waals surface area contributed by atoms with Gasteiger partial charge in [-0.3, -0.25) is 0 Å². The molecule has 0 saturated carbocycles. The van der Waals surface area contributed by atoms with Crippen molar-refractivity contribution >= 4 is 96.5 Å². The highest BCUT2D eigenvalue weighted by Gasteiger charge is 2.23. The highest BCUT2D eigenvalue weighted by atomic mass is 32.1. The van der Waals surface area contributed by atoms with E-state index in [0.29, 0.717) is 0 Å². The molecule has 1 aliphatic heterocycles. The van der Waals surface area contributed by atoms with Crippen molar-refractivity contribution < 1.29 is 0 Å². The van der Waals surface area contributed by atoms with Crippen molar-refractivity contribution in [2.75, 3.05) is 0 Å². The summed E-state index contributed by atoms with van der Waals surface area (Å²) in [4.78, 5) is 10.2. The SMILES string of the molecule is c1ccc(C2=NC(c3ccc4sc5cccc(-c6cccc7sc8c(-n9c%10ccccc%10c%10ccccc%109)cccc8c67)c5c4c3)NC(c3ccccc3)=N2)cc1. The number of para-hydroxylation sites is 2. The molecule has 0 saturated heterocycles. The molecule has 8 aromatic carbocycles. The van der Waals surface area contributed by atoms with Crippen LogP contribution in [0.3, 0.4) is 0 Å². The molecule has 6 heteroatoms. The molecular weight excluding hydrogens is 733 g/mol. The second-order valence-electron chi connectivity index (χ2n) is 14.5. The second-order valence-corrected chi connectivity index (χ2v) is 16.7. The first-order valence-electron chi connectivity index (χ1n) is 19.2. The number of amidine groups is 2. The maximum atomic E-state index is 5.21. The minimum Gasteiger partial charge on any atom is -0.344 e.